The van der Waals surface area contributed by atoms with Gasteiger partial charge in [-0.2, -0.15) is 0 Å². The number of esters is 1. The van der Waals surface area contributed by atoms with E-state index in [1.807, 2.05) is 6.92 Å². The minimum atomic E-state index is -0.451. The Labute approximate surface area is 302 Å². The second-order valence-electron chi connectivity index (χ2n) is 12.1. The fraction of sp³-hybridized carbons (Fsp3) is 0.606. The van der Waals surface area contributed by atoms with Crippen molar-refractivity contribution in [3.8, 4) is 11.4 Å². The summed E-state index contributed by atoms with van der Waals surface area (Å²) in [5.74, 6) is 0.0127. The van der Waals surface area contributed by atoms with Crippen LogP contribution in [0.5, 0.6) is 0 Å². The first-order chi connectivity index (χ1) is 23.7. The van der Waals surface area contributed by atoms with Gasteiger partial charge in [0, 0.05) is 64.7 Å². The van der Waals surface area contributed by atoms with E-state index in [4.69, 9.17) is 47.6 Å². The molecule has 5 rings (SSSR count). The number of aryl methyl sites for hydroxylation is 1. The first-order valence-electron chi connectivity index (χ1n) is 17.1. The Bertz CT molecular complexity index is 1560. The molecule has 0 unspecified atom stereocenters. The van der Waals surface area contributed by atoms with Crippen LogP contribution >= 0.6 is 34.5 Å². The number of H-pyrrole nitrogens is 1. The number of ether oxygens (including phenoxy) is 2. The van der Waals surface area contributed by atoms with Gasteiger partial charge < -0.3 is 34.5 Å². The number of anilines is 2. The third-order valence-electron chi connectivity index (χ3n) is 9.09. The summed E-state index contributed by atoms with van der Waals surface area (Å²) in [5.41, 5.74) is 1.80. The van der Waals surface area contributed by atoms with Gasteiger partial charge in [-0.3, -0.25) is 9.69 Å². The molecule has 16 heteroatoms. The molecule has 2 aliphatic heterocycles. The summed E-state index contributed by atoms with van der Waals surface area (Å²) >= 11 is 13.8. The molecule has 2 saturated heterocycles. The second kappa shape index (κ2) is 17.3. The van der Waals surface area contributed by atoms with Crippen molar-refractivity contribution in [3.63, 3.8) is 0 Å². The van der Waals surface area contributed by atoms with Crippen LogP contribution in [0.3, 0.4) is 0 Å². The van der Waals surface area contributed by atoms with Crippen LogP contribution < -0.4 is 15.1 Å². The van der Waals surface area contributed by atoms with Crippen LogP contribution in [0, 0.1) is 6.92 Å². The van der Waals surface area contributed by atoms with E-state index in [0.29, 0.717) is 58.2 Å². The molecule has 13 nitrogen and oxygen atoms in total. The number of carbonyl (C=O) groups excluding carboxylic acids is 2. The van der Waals surface area contributed by atoms with Crippen molar-refractivity contribution in [2.75, 3.05) is 88.5 Å². The average molecular weight is 737 g/mol. The van der Waals surface area contributed by atoms with E-state index >= 15 is 0 Å². The summed E-state index contributed by atoms with van der Waals surface area (Å²) in [6, 6.07) is -0.270. The number of carbonyl (C=O) groups is 2. The van der Waals surface area contributed by atoms with Crippen LogP contribution in [0.25, 0.3) is 11.4 Å². The molecule has 0 saturated carbocycles. The molecule has 1 amide bonds. The van der Waals surface area contributed by atoms with Gasteiger partial charge in [-0.15, -0.1) is 0 Å². The SMILES string of the molecule is CCOC(=O)c1sc(N2CC[C@@H](NC(=O)c3[nH]c(C)c(Cl)c3Cl)[C@@H](OCC)C2)nc1-c1cnc(N2CCN(CCN(CC)CC)CC2)cn1. The highest BCUT2D eigenvalue weighted by Gasteiger charge is 2.35. The highest BCUT2D eigenvalue weighted by Crippen LogP contribution is 2.35. The van der Waals surface area contributed by atoms with E-state index in [1.165, 1.54) is 11.3 Å². The molecule has 0 radical (unpaired) electrons. The van der Waals surface area contributed by atoms with Gasteiger partial charge in [0.1, 0.15) is 27.8 Å². The highest BCUT2D eigenvalue weighted by molar-refractivity contribution is 7.17. The minimum Gasteiger partial charge on any atom is -0.462 e. The van der Waals surface area contributed by atoms with Crippen LogP contribution in [0.1, 0.15) is 60.0 Å². The summed E-state index contributed by atoms with van der Waals surface area (Å²) < 4.78 is 11.5. The Balaban J connectivity index is 1.27. The third kappa shape index (κ3) is 8.84. The summed E-state index contributed by atoms with van der Waals surface area (Å²) in [4.78, 5) is 53.2. The van der Waals surface area contributed by atoms with Crippen LogP contribution in [0.4, 0.5) is 10.9 Å². The summed E-state index contributed by atoms with van der Waals surface area (Å²) in [6.45, 7) is 19.6. The van der Waals surface area contributed by atoms with Crippen molar-refractivity contribution in [2.24, 2.45) is 0 Å². The lowest BCUT2D eigenvalue weighted by molar-refractivity contribution is 0.0272. The molecule has 3 aromatic heterocycles. The van der Waals surface area contributed by atoms with Gasteiger partial charge in [0.15, 0.2) is 5.13 Å². The normalized spacial score (nSPS) is 18.7. The van der Waals surface area contributed by atoms with E-state index in [2.05, 4.69) is 43.7 Å². The van der Waals surface area contributed by atoms with Gasteiger partial charge in [-0.1, -0.05) is 48.4 Å². The zero-order valence-corrected chi connectivity index (χ0v) is 31.3. The van der Waals surface area contributed by atoms with E-state index in [0.717, 1.165) is 58.2 Å². The maximum absolute atomic E-state index is 13.1. The van der Waals surface area contributed by atoms with Crippen molar-refractivity contribution >= 4 is 57.4 Å². The number of aromatic nitrogens is 4. The Hall–Kier alpha value is -3.01. The molecule has 0 aliphatic carbocycles. The summed E-state index contributed by atoms with van der Waals surface area (Å²) in [6.07, 6.45) is 3.71. The zero-order chi connectivity index (χ0) is 35.1. The van der Waals surface area contributed by atoms with Crippen molar-refractivity contribution in [1.29, 1.82) is 0 Å². The van der Waals surface area contributed by atoms with E-state index < -0.39 is 5.97 Å². The lowest BCUT2D eigenvalue weighted by Gasteiger charge is -2.38. The lowest BCUT2D eigenvalue weighted by Crippen LogP contribution is -2.55. The van der Waals surface area contributed by atoms with E-state index in [-0.39, 0.29) is 35.4 Å². The number of likely N-dealkylation sites (N-methyl/N-ethyl adjacent to an activating group) is 1. The third-order valence-corrected chi connectivity index (χ3v) is 11.1. The number of rotatable bonds is 14. The second-order valence-corrected chi connectivity index (χ2v) is 13.8. The van der Waals surface area contributed by atoms with Gasteiger partial charge in [0.2, 0.25) is 0 Å². The Morgan fingerprint density at radius 2 is 1.78 bits per heavy atom. The van der Waals surface area contributed by atoms with Crippen molar-refractivity contribution < 1.29 is 19.1 Å². The van der Waals surface area contributed by atoms with Crippen LogP contribution in [-0.2, 0) is 9.47 Å². The highest BCUT2D eigenvalue weighted by atomic mass is 35.5. The molecule has 49 heavy (non-hydrogen) atoms. The molecule has 2 aliphatic rings. The topological polar surface area (TPSA) is 132 Å². The van der Waals surface area contributed by atoms with Crippen molar-refractivity contribution in [2.45, 2.75) is 53.2 Å². The predicted octanol–water partition coefficient (Wildman–Crippen LogP) is 4.60. The van der Waals surface area contributed by atoms with Crippen LogP contribution in [0.2, 0.25) is 10.0 Å². The molecule has 0 aromatic carbocycles. The first-order valence-corrected chi connectivity index (χ1v) is 18.6. The molecular weight excluding hydrogens is 689 g/mol. The molecule has 2 fully saturated rings. The number of thiazole rings is 1. The largest absolute Gasteiger partial charge is 0.462 e. The average Bonchev–Trinajstić information content (AvgIpc) is 3.67. The fourth-order valence-electron chi connectivity index (χ4n) is 6.19. The fourth-order valence-corrected chi connectivity index (χ4v) is 7.61. The molecule has 2 atom stereocenters. The maximum Gasteiger partial charge on any atom is 0.350 e. The number of piperazine rings is 1. The molecule has 2 N–H and O–H groups in total. The number of halogens is 2. The molecular formula is C33H47Cl2N9O4S. The summed E-state index contributed by atoms with van der Waals surface area (Å²) in [7, 11) is 0. The Morgan fingerprint density at radius 1 is 1.02 bits per heavy atom. The van der Waals surface area contributed by atoms with Gasteiger partial charge >= 0.3 is 5.97 Å². The number of hydrogen-bond donors (Lipinski definition) is 2. The summed E-state index contributed by atoms with van der Waals surface area (Å²) in [5, 5.41) is 4.25. The molecule has 3 aromatic rings. The first kappa shape index (κ1) is 37.3. The van der Waals surface area contributed by atoms with Crippen LogP contribution in [-0.4, -0.2) is 132 Å². The number of nitrogens with zero attached hydrogens (tertiary/aromatic N) is 7. The Morgan fingerprint density at radius 3 is 2.39 bits per heavy atom. The van der Waals surface area contributed by atoms with Crippen molar-refractivity contribution in [1.82, 2.24) is 35.1 Å². The standard InChI is InChI=1S/C33H47Cl2N9O4S/c1-6-41(7-2)12-13-42-14-16-43(17-15-42)25-19-36-23(18-37-25)28-30(32(46)48-9-4)49-33(40-28)44-11-10-22(24(20-44)47-8-3)39-31(45)29-27(35)26(34)21(5)38-29/h18-19,22,24,38H,6-17,20H2,1-5H3,(H,39,45)/t22-,24+/m1/s1. The number of nitrogens with one attached hydrogen (secondary N) is 2. The van der Waals surface area contributed by atoms with E-state index in [9.17, 15) is 9.59 Å². The monoisotopic (exact) mass is 735 g/mol. The quantitative estimate of drug-likeness (QED) is 0.225. The minimum absolute atomic E-state index is 0.198. The smallest absolute Gasteiger partial charge is 0.350 e. The molecule has 0 spiro atoms. The van der Waals surface area contributed by atoms with Crippen molar-refractivity contribution in [3.05, 3.63) is 38.7 Å². The number of piperidine rings is 1. The lowest BCUT2D eigenvalue weighted by atomic mass is 10.0. The zero-order valence-electron chi connectivity index (χ0n) is 28.9. The van der Waals surface area contributed by atoms with Gasteiger partial charge in [-0.05, 0) is 40.3 Å². The number of amides is 1. The number of aromatic amines is 1. The molecule has 0 bridgehead atoms. The van der Waals surface area contributed by atoms with E-state index in [1.54, 1.807) is 26.2 Å². The van der Waals surface area contributed by atoms with Crippen LogP contribution in [0.15, 0.2) is 12.4 Å². The van der Waals surface area contributed by atoms with Gasteiger partial charge in [0.25, 0.3) is 5.91 Å². The van der Waals surface area contributed by atoms with Gasteiger partial charge in [0.05, 0.1) is 41.2 Å². The molecule has 5 heterocycles. The predicted molar refractivity (Wildman–Crippen MR) is 195 cm³/mol. The maximum atomic E-state index is 13.1. The van der Waals surface area contributed by atoms with Gasteiger partial charge in [-0.25, -0.2) is 19.7 Å². The molecule has 268 valence electrons. The Kier molecular flexibility index (Phi) is 13.1. The number of hydrogen-bond acceptors (Lipinski definition) is 12.